The number of ether oxygens (including phenoxy) is 1. The number of alkyl halides is 3. The standard InChI is InChI=1S/C11H8BrClF3N3O2/c1-21-4-7-8(12)10(20)19(18-7)9-6(13)2-5(3-17-9)11(14,15)16/h2-3,18H,4H2,1H3. The number of aromatic nitrogens is 3. The van der Waals surface area contributed by atoms with Gasteiger partial charge in [0.2, 0.25) is 0 Å². The highest BCUT2D eigenvalue weighted by Crippen LogP contribution is 2.31. The lowest BCUT2D eigenvalue weighted by Gasteiger charge is -2.09. The van der Waals surface area contributed by atoms with Crippen LogP contribution in [0.15, 0.2) is 21.5 Å². The van der Waals surface area contributed by atoms with E-state index < -0.39 is 17.3 Å². The van der Waals surface area contributed by atoms with Crippen LogP contribution in [0, 0.1) is 0 Å². The van der Waals surface area contributed by atoms with E-state index in [1.807, 2.05) is 0 Å². The monoisotopic (exact) mass is 385 g/mol. The molecule has 2 heterocycles. The Bertz CT molecular complexity index is 726. The summed E-state index contributed by atoms with van der Waals surface area (Å²) in [5.74, 6) is -0.127. The zero-order valence-electron chi connectivity index (χ0n) is 10.5. The number of nitrogens with one attached hydrogen (secondary N) is 1. The van der Waals surface area contributed by atoms with Crippen molar-refractivity contribution in [3.05, 3.63) is 43.4 Å². The van der Waals surface area contributed by atoms with Crippen LogP contribution in [-0.2, 0) is 17.5 Å². The molecule has 2 rings (SSSR count). The van der Waals surface area contributed by atoms with Crippen LogP contribution in [0.2, 0.25) is 5.02 Å². The molecule has 0 fully saturated rings. The number of halogens is 5. The number of pyridine rings is 1. The Morgan fingerprint density at radius 1 is 1.52 bits per heavy atom. The molecule has 2 aromatic heterocycles. The highest BCUT2D eigenvalue weighted by molar-refractivity contribution is 9.10. The van der Waals surface area contributed by atoms with Crippen LogP contribution in [0.5, 0.6) is 0 Å². The van der Waals surface area contributed by atoms with Crippen molar-refractivity contribution in [1.29, 1.82) is 0 Å². The van der Waals surface area contributed by atoms with E-state index in [-0.39, 0.29) is 21.9 Å². The summed E-state index contributed by atoms with van der Waals surface area (Å²) < 4.78 is 43.7. The fourth-order valence-corrected chi connectivity index (χ4v) is 2.23. The van der Waals surface area contributed by atoms with Gasteiger partial charge in [-0.1, -0.05) is 11.6 Å². The van der Waals surface area contributed by atoms with E-state index in [4.69, 9.17) is 16.3 Å². The lowest BCUT2D eigenvalue weighted by atomic mass is 10.3. The highest BCUT2D eigenvalue weighted by atomic mass is 79.9. The summed E-state index contributed by atoms with van der Waals surface area (Å²) >= 11 is 8.87. The molecule has 0 aromatic carbocycles. The Morgan fingerprint density at radius 3 is 2.71 bits per heavy atom. The summed E-state index contributed by atoms with van der Waals surface area (Å²) in [6.45, 7) is 0.112. The molecule has 2 aromatic rings. The number of rotatable bonds is 3. The zero-order chi connectivity index (χ0) is 15.8. The van der Waals surface area contributed by atoms with Crippen molar-refractivity contribution in [2.75, 3.05) is 7.11 Å². The molecule has 0 bridgehead atoms. The van der Waals surface area contributed by atoms with Gasteiger partial charge in [0.05, 0.1) is 22.9 Å². The van der Waals surface area contributed by atoms with Crippen LogP contribution < -0.4 is 5.56 Å². The topological polar surface area (TPSA) is 59.9 Å². The van der Waals surface area contributed by atoms with Crippen LogP contribution in [0.3, 0.4) is 0 Å². The molecule has 0 atom stereocenters. The van der Waals surface area contributed by atoms with E-state index in [9.17, 15) is 18.0 Å². The predicted octanol–water partition coefficient (Wildman–Crippen LogP) is 3.14. The Hall–Kier alpha value is -1.32. The Kier molecular flexibility index (Phi) is 4.45. The third kappa shape index (κ3) is 3.14. The second-order valence-corrected chi connectivity index (χ2v) is 5.21. The van der Waals surface area contributed by atoms with Crippen LogP contribution in [-0.4, -0.2) is 21.9 Å². The van der Waals surface area contributed by atoms with Crippen molar-refractivity contribution in [3.8, 4) is 5.82 Å². The van der Waals surface area contributed by atoms with Gasteiger partial charge in [0.15, 0.2) is 5.82 Å². The van der Waals surface area contributed by atoms with E-state index in [0.717, 1.165) is 4.68 Å². The van der Waals surface area contributed by atoms with Crippen LogP contribution in [0.1, 0.15) is 11.3 Å². The first-order chi connectivity index (χ1) is 9.75. The largest absolute Gasteiger partial charge is 0.417 e. The number of aromatic amines is 1. The summed E-state index contributed by atoms with van der Waals surface area (Å²) in [5, 5.41) is 2.37. The Morgan fingerprint density at radius 2 is 2.19 bits per heavy atom. The minimum absolute atomic E-state index is 0.112. The molecular formula is C11H8BrClF3N3O2. The van der Waals surface area contributed by atoms with Crippen LogP contribution >= 0.6 is 27.5 Å². The van der Waals surface area contributed by atoms with Gasteiger partial charge in [-0.2, -0.15) is 17.9 Å². The number of H-pyrrole nitrogens is 1. The van der Waals surface area contributed by atoms with Gasteiger partial charge in [-0.25, -0.2) is 4.98 Å². The highest BCUT2D eigenvalue weighted by Gasteiger charge is 2.32. The second kappa shape index (κ2) is 5.82. The maximum Gasteiger partial charge on any atom is 0.417 e. The third-order valence-electron chi connectivity index (χ3n) is 2.55. The molecule has 1 N–H and O–H groups in total. The minimum atomic E-state index is -4.56. The SMILES string of the molecule is COCc1[nH]n(-c2ncc(C(F)(F)F)cc2Cl)c(=O)c1Br. The molecule has 0 amide bonds. The van der Waals surface area contributed by atoms with Gasteiger partial charge in [-0.15, -0.1) is 0 Å². The number of hydrogen-bond donors (Lipinski definition) is 1. The predicted molar refractivity (Wildman–Crippen MR) is 72.6 cm³/mol. The fourth-order valence-electron chi connectivity index (χ4n) is 1.60. The molecule has 0 saturated heterocycles. The summed E-state index contributed by atoms with van der Waals surface area (Å²) in [4.78, 5) is 15.6. The first-order valence-electron chi connectivity index (χ1n) is 5.47. The van der Waals surface area contributed by atoms with Crippen molar-refractivity contribution in [2.24, 2.45) is 0 Å². The van der Waals surface area contributed by atoms with Gasteiger partial charge in [-0.3, -0.25) is 9.89 Å². The third-order valence-corrected chi connectivity index (χ3v) is 3.65. The van der Waals surface area contributed by atoms with E-state index in [1.165, 1.54) is 7.11 Å². The average molecular weight is 387 g/mol. The number of methoxy groups -OCH3 is 1. The van der Waals surface area contributed by atoms with Gasteiger partial charge >= 0.3 is 6.18 Å². The second-order valence-electron chi connectivity index (χ2n) is 4.01. The summed E-state index contributed by atoms with van der Waals surface area (Å²) in [5.41, 5.74) is -1.11. The lowest BCUT2D eigenvalue weighted by Crippen LogP contribution is -2.17. The van der Waals surface area contributed by atoms with E-state index in [1.54, 1.807) is 0 Å². The number of hydrogen-bond acceptors (Lipinski definition) is 3. The van der Waals surface area contributed by atoms with Crippen LogP contribution in [0.25, 0.3) is 5.82 Å². The molecule has 0 spiro atoms. The molecular weight excluding hydrogens is 378 g/mol. The van der Waals surface area contributed by atoms with Crippen molar-refractivity contribution in [1.82, 2.24) is 14.8 Å². The Balaban J connectivity index is 2.53. The lowest BCUT2D eigenvalue weighted by molar-refractivity contribution is -0.137. The molecule has 0 aliphatic heterocycles. The van der Waals surface area contributed by atoms with Gasteiger partial charge in [0.1, 0.15) is 4.47 Å². The maximum atomic E-state index is 12.6. The van der Waals surface area contributed by atoms with E-state index in [0.29, 0.717) is 18.0 Å². The number of nitrogens with zero attached hydrogens (tertiary/aromatic N) is 2. The van der Waals surface area contributed by atoms with Crippen molar-refractivity contribution in [3.63, 3.8) is 0 Å². The van der Waals surface area contributed by atoms with Gasteiger partial charge in [-0.05, 0) is 22.0 Å². The quantitative estimate of drug-likeness (QED) is 0.882. The minimum Gasteiger partial charge on any atom is -0.378 e. The smallest absolute Gasteiger partial charge is 0.378 e. The fraction of sp³-hybridized carbons (Fsp3) is 0.273. The average Bonchev–Trinajstić information content (AvgIpc) is 2.66. The van der Waals surface area contributed by atoms with Crippen molar-refractivity contribution in [2.45, 2.75) is 12.8 Å². The summed E-state index contributed by atoms with van der Waals surface area (Å²) in [7, 11) is 1.44. The maximum absolute atomic E-state index is 12.6. The molecule has 5 nitrogen and oxygen atoms in total. The van der Waals surface area contributed by atoms with Gasteiger partial charge in [0, 0.05) is 13.3 Å². The first-order valence-corrected chi connectivity index (χ1v) is 6.64. The van der Waals surface area contributed by atoms with Gasteiger partial charge < -0.3 is 4.74 Å². The molecule has 21 heavy (non-hydrogen) atoms. The molecule has 0 radical (unpaired) electrons. The van der Waals surface area contributed by atoms with Crippen molar-refractivity contribution < 1.29 is 17.9 Å². The van der Waals surface area contributed by atoms with E-state index in [2.05, 4.69) is 26.0 Å². The van der Waals surface area contributed by atoms with Crippen LogP contribution in [0.4, 0.5) is 13.2 Å². The Labute approximate surface area is 129 Å². The van der Waals surface area contributed by atoms with E-state index >= 15 is 0 Å². The zero-order valence-corrected chi connectivity index (χ0v) is 12.8. The molecule has 10 heteroatoms. The summed E-state index contributed by atoms with van der Waals surface area (Å²) in [6, 6.07) is 0.709. The molecule has 0 aliphatic carbocycles. The normalized spacial score (nSPS) is 11.9. The van der Waals surface area contributed by atoms with Crippen molar-refractivity contribution >= 4 is 27.5 Å². The summed E-state index contributed by atoms with van der Waals surface area (Å²) in [6.07, 6.45) is -3.95. The first kappa shape index (κ1) is 16.1. The molecule has 0 saturated carbocycles. The molecule has 0 unspecified atom stereocenters. The molecule has 0 aliphatic rings. The van der Waals surface area contributed by atoms with Gasteiger partial charge in [0.25, 0.3) is 5.56 Å². The molecule has 114 valence electrons.